The standard InChI is InChI=1S/C24H27N3S/c1-2-7-21-18(5-1)17(15-25-21)9-12-26-13-10-22-20(16-26)19-6-3-8-23-24(19)27(22)11-4-14-28-23/h1-3,5-8,15,20,22,25H,4,9-14,16H2/t20-,22-/m1/s1. The average Bonchev–Trinajstić information content (AvgIpc) is 3.20. The van der Waals surface area contributed by atoms with Crippen molar-refractivity contribution in [3.8, 4) is 0 Å². The molecule has 3 aliphatic rings. The quantitative estimate of drug-likeness (QED) is 0.690. The van der Waals surface area contributed by atoms with Crippen molar-refractivity contribution in [1.82, 2.24) is 9.88 Å². The number of hydrogen-bond acceptors (Lipinski definition) is 3. The van der Waals surface area contributed by atoms with Crippen molar-refractivity contribution in [3.05, 3.63) is 59.8 Å². The Hall–Kier alpha value is -1.91. The molecule has 4 heteroatoms. The Morgan fingerprint density at radius 1 is 1.07 bits per heavy atom. The monoisotopic (exact) mass is 389 g/mol. The summed E-state index contributed by atoms with van der Waals surface area (Å²) in [6, 6.07) is 16.4. The largest absolute Gasteiger partial charge is 0.367 e. The maximum absolute atomic E-state index is 3.43. The Kier molecular flexibility index (Phi) is 4.16. The molecule has 0 amide bonds. The lowest BCUT2D eigenvalue weighted by Gasteiger charge is -2.39. The summed E-state index contributed by atoms with van der Waals surface area (Å²) in [7, 11) is 0. The number of nitrogens with one attached hydrogen (secondary N) is 1. The number of thioether (sulfide) groups is 1. The molecular weight excluding hydrogens is 362 g/mol. The molecule has 4 heterocycles. The van der Waals surface area contributed by atoms with Crippen molar-refractivity contribution in [2.24, 2.45) is 0 Å². The van der Waals surface area contributed by atoms with Crippen LogP contribution in [0.1, 0.15) is 29.9 Å². The smallest absolute Gasteiger partial charge is 0.0543 e. The Balaban J connectivity index is 1.22. The third-order valence-corrected chi connectivity index (χ3v) is 8.08. The van der Waals surface area contributed by atoms with E-state index in [2.05, 4.69) is 75.2 Å². The van der Waals surface area contributed by atoms with E-state index in [1.807, 2.05) is 0 Å². The van der Waals surface area contributed by atoms with Gasteiger partial charge < -0.3 is 14.8 Å². The van der Waals surface area contributed by atoms with E-state index < -0.39 is 0 Å². The summed E-state index contributed by atoms with van der Waals surface area (Å²) in [4.78, 5) is 10.4. The molecule has 1 N–H and O–H groups in total. The Morgan fingerprint density at radius 2 is 2.04 bits per heavy atom. The first kappa shape index (κ1) is 17.0. The third kappa shape index (κ3) is 2.69. The SMILES string of the molecule is c1cc2c3c(c1)[C@H]1CN(CCc4c[nH]c5ccccc45)CC[C@H]1N3CCCS2. The molecule has 1 fully saturated rings. The van der Waals surface area contributed by atoms with Crippen LogP contribution in [0.25, 0.3) is 10.9 Å². The molecule has 6 rings (SSSR count). The molecule has 2 atom stereocenters. The molecular formula is C24H27N3S. The topological polar surface area (TPSA) is 22.3 Å². The number of fused-ring (bicyclic) bond motifs is 4. The zero-order valence-corrected chi connectivity index (χ0v) is 17.0. The molecule has 2 aromatic carbocycles. The highest BCUT2D eigenvalue weighted by Crippen LogP contribution is 2.50. The summed E-state index contributed by atoms with van der Waals surface area (Å²) in [5.41, 5.74) is 5.92. The van der Waals surface area contributed by atoms with Crippen LogP contribution < -0.4 is 4.90 Å². The van der Waals surface area contributed by atoms with E-state index in [0.29, 0.717) is 5.92 Å². The van der Waals surface area contributed by atoms with Gasteiger partial charge in [0, 0.05) is 60.1 Å². The van der Waals surface area contributed by atoms with E-state index in [4.69, 9.17) is 0 Å². The van der Waals surface area contributed by atoms with E-state index in [9.17, 15) is 0 Å². The molecule has 0 aliphatic carbocycles. The highest BCUT2D eigenvalue weighted by molar-refractivity contribution is 7.99. The predicted molar refractivity (Wildman–Crippen MR) is 119 cm³/mol. The summed E-state index contributed by atoms with van der Waals surface area (Å²) in [5.74, 6) is 1.95. The number of nitrogens with zero attached hydrogens (tertiary/aromatic N) is 2. The first-order valence-corrected chi connectivity index (χ1v) is 11.7. The minimum atomic E-state index is 0.686. The van der Waals surface area contributed by atoms with Crippen LogP contribution in [0.15, 0.2) is 53.6 Å². The summed E-state index contributed by atoms with van der Waals surface area (Å²) < 4.78 is 0. The fourth-order valence-corrected chi connectivity index (χ4v) is 6.67. The van der Waals surface area contributed by atoms with Gasteiger partial charge in [0.25, 0.3) is 0 Å². The van der Waals surface area contributed by atoms with Gasteiger partial charge in [-0.05, 0) is 48.3 Å². The Bertz CT molecular complexity index is 1010. The fraction of sp³-hybridized carbons (Fsp3) is 0.417. The number of aromatic nitrogens is 1. The number of piperidine rings is 1. The van der Waals surface area contributed by atoms with Gasteiger partial charge in [0.2, 0.25) is 0 Å². The van der Waals surface area contributed by atoms with E-state index in [-0.39, 0.29) is 0 Å². The first-order chi connectivity index (χ1) is 13.9. The van der Waals surface area contributed by atoms with Gasteiger partial charge in [0.1, 0.15) is 0 Å². The van der Waals surface area contributed by atoms with Gasteiger partial charge in [0.15, 0.2) is 0 Å². The molecule has 3 aromatic rings. The third-order valence-electron chi connectivity index (χ3n) is 6.95. The van der Waals surface area contributed by atoms with Crippen LogP contribution in [0.4, 0.5) is 5.69 Å². The van der Waals surface area contributed by atoms with Gasteiger partial charge >= 0.3 is 0 Å². The molecule has 0 unspecified atom stereocenters. The normalized spacial score (nSPS) is 24.2. The summed E-state index contributed by atoms with van der Waals surface area (Å²) in [6.45, 7) is 4.85. The van der Waals surface area contributed by atoms with Gasteiger partial charge in [-0.1, -0.05) is 30.3 Å². The van der Waals surface area contributed by atoms with Crippen LogP contribution in [-0.4, -0.2) is 47.9 Å². The average molecular weight is 390 g/mol. The van der Waals surface area contributed by atoms with E-state index >= 15 is 0 Å². The zero-order valence-electron chi connectivity index (χ0n) is 16.2. The second kappa shape index (κ2) is 6.85. The number of anilines is 1. The van der Waals surface area contributed by atoms with Gasteiger partial charge in [0.05, 0.1) is 5.69 Å². The van der Waals surface area contributed by atoms with Crippen LogP contribution >= 0.6 is 11.8 Å². The van der Waals surface area contributed by atoms with Gasteiger partial charge in [-0.25, -0.2) is 0 Å². The number of para-hydroxylation sites is 2. The maximum atomic E-state index is 3.43. The van der Waals surface area contributed by atoms with E-state index in [1.54, 1.807) is 11.3 Å². The Morgan fingerprint density at radius 3 is 3.04 bits per heavy atom. The minimum Gasteiger partial charge on any atom is -0.367 e. The fourth-order valence-electron chi connectivity index (χ4n) is 5.63. The summed E-state index contributed by atoms with van der Waals surface area (Å²) in [6.07, 6.45) is 5.96. The Labute approximate surface area is 171 Å². The number of aromatic amines is 1. The number of rotatable bonds is 3. The van der Waals surface area contributed by atoms with Gasteiger partial charge in [-0.15, -0.1) is 11.8 Å². The van der Waals surface area contributed by atoms with Crippen molar-refractivity contribution in [2.75, 3.05) is 36.8 Å². The second-order valence-corrected chi connectivity index (χ2v) is 9.60. The molecule has 0 radical (unpaired) electrons. The second-order valence-electron chi connectivity index (χ2n) is 8.46. The van der Waals surface area contributed by atoms with Crippen molar-refractivity contribution in [1.29, 1.82) is 0 Å². The minimum absolute atomic E-state index is 0.686. The van der Waals surface area contributed by atoms with Crippen molar-refractivity contribution < 1.29 is 0 Å². The van der Waals surface area contributed by atoms with Crippen molar-refractivity contribution in [3.63, 3.8) is 0 Å². The van der Waals surface area contributed by atoms with Crippen molar-refractivity contribution >= 4 is 28.4 Å². The lowest BCUT2D eigenvalue weighted by molar-refractivity contribution is 0.195. The van der Waals surface area contributed by atoms with Crippen molar-refractivity contribution in [2.45, 2.75) is 36.1 Å². The highest BCUT2D eigenvalue weighted by atomic mass is 32.2. The summed E-state index contributed by atoms with van der Waals surface area (Å²) in [5, 5.41) is 1.39. The molecule has 1 saturated heterocycles. The van der Waals surface area contributed by atoms with Gasteiger partial charge in [-0.3, -0.25) is 0 Å². The molecule has 1 aromatic heterocycles. The lowest BCUT2D eigenvalue weighted by atomic mass is 9.89. The zero-order chi connectivity index (χ0) is 18.5. The van der Waals surface area contributed by atoms with Crippen LogP contribution in [0.5, 0.6) is 0 Å². The molecule has 0 spiro atoms. The number of hydrogen-bond donors (Lipinski definition) is 1. The van der Waals surface area contributed by atoms with Crippen LogP contribution in [0, 0.1) is 0 Å². The number of benzene rings is 2. The molecule has 0 bridgehead atoms. The highest BCUT2D eigenvalue weighted by Gasteiger charge is 2.43. The molecule has 0 saturated carbocycles. The van der Waals surface area contributed by atoms with Crippen LogP contribution in [0.3, 0.4) is 0 Å². The van der Waals surface area contributed by atoms with Crippen LogP contribution in [0.2, 0.25) is 0 Å². The lowest BCUT2D eigenvalue weighted by Crippen LogP contribution is -2.47. The first-order valence-electron chi connectivity index (χ1n) is 10.7. The molecule has 144 valence electrons. The molecule has 3 nitrogen and oxygen atoms in total. The number of likely N-dealkylation sites (tertiary alicyclic amines) is 1. The van der Waals surface area contributed by atoms with E-state index in [0.717, 1.165) is 19.0 Å². The van der Waals surface area contributed by atoms with E-state index in [1.165, 1.54) is 59.6 Å². The predicted octanol–water partition coefficient (Wildman–Crippen LogP) is 4.88. The summed E-state index contributed by atoms with van der Waals surface area (Å²) >= 11 is 2.06. The van der Waals surface area contributed by atoms with Crippen LogP contribution in [-0.2, 0) is 6.42 Å². The number of H-pyrrole nitrogens is 1. The molecule has 28 heavy (non-hydrogen) atoms. The van der Waals surface area contributed by atoms with Gasteiger partial charge in [-0.2, -0.15) is 0 Å². The molecule has 3 aliphatic heterocycles. The maximum Gasteiger partial charge on any atom is 0.0543 e.